The van der Waals surface area contributed by atoms with Crippen LogP contribution in [-0.4, -0.2) is 58.3 Å². The second kappa shape index (κ2) is 9.49. The highest BCUT2D eigenvalue weighted by Gasteiger charge is 2.44. The molecule has 1 saturated carbocycles. The molecule has 0 unspecified atom stereocenters. The maximum absolute atomic E-state index is 15.0. The second-order valence-corrected chi connectivity index (χ2v) is 10.5. The number of anilines is 3. The van der Waals surface area contributed by atoms with Crippen LogP contribution in [0.3, 0.4) is 0 Å². The van der Waals surface area contributed by atoms with Gasteiger partial charge in [-0.3, -0.25) is 4.99 Å². The first-order valence-corrected chi connectivity index (χ1v) is 13.4. The molecule has 3 aliphatic rings. The minimum absolute atomic E-state index is 0.00443. The maximum atomic E-state index is 15.0. The summed E-state index contributed by atoms with van der Waals surface area (Å²) in [6.45, 7) is 11.6. The van der Waals surface area contributed by atoms with Gasteiger partial charge in [-0.2, -0.15) is 0 Å². The number of fused-ring (bicyclic) bond motifs is 2. The highest BCUT2D eigenvalue weighted by atomic mass is 19.1. The number of hydrogen-bond acceptors (Lipinski definition) is 7. The van der Waals surface area contributed by atoms with Gasteiger partial charge in [0.2, 0.25) is 5.95 Å². The Kier molecular flexibility index (Phi) is 6.15. The molecule has 1 aliphatic carbocycles. The van der Waals surface area contributed by atoms with Gasteiger partial charge in [-0.25, -0.2) is 19.3 Å². The van der Waals surface area contributed by atoms with Crippen LogP contribution in [0.2, 0.25) is 0 Å². The number of likely N-dealkylation sites (N-methyl/N-ethyl adjacent to an activating group) is 1. The molecule has 192 valence electrons. The van der Waals surface area contributed by atoms with Gasteiger partial charge in [0.05, 0.1) is 23.8 Å². The van der Waals surface area contributed by atoms with Gasteiger partial charge in [-0.15, -0.1) is 0 Å². The Labute approximate surface area is 217 Å². The molecule has 1 spiro atoms. The van der Waals surface area contributed by atoms with Crippen molar-refractivity contribution in [2.24, 2.45) is 4.99 Å². The molecule has 3 aromatic rings. The normalized spacial score (nSPS) is 18.8. The molecular weight excluding hydrogens is 465 g/mol. The molecule has 2 aromatic heterocycles. The number of pyridine rings is 1. The lowest BCUT2D eigenvalue weighted by molar-refractivity contribution is 0.271. The molecule has 0 amide bonds. The number of hydrogen-bond donors (Lipinski definition) is 1. The number of nitrogens with one attached hydrogen (secondary N) is 1. The van der Waals surface area contributed by atoms with E-state index in [4.69, 9.17) is 4.99 Å². The smallest absolute Gasteiger partial charge is 0.229 e. The minimum Gasteiger partial charge on any atom is -0.368 e. The summed E-state index contributed by atoms with van der Waals surface area (Å²) in [5.74, 6) is 0.525. The maximum Gasteiger partial charge on any atom is 0.229 e. The highest BCUT2D eigenvalue weighted by Crippen LogP contribution is 2.52. The molecule has 2 fully saturated rings. The first-order valence-electron chi connectivity index (χ1n) is 13.4. The summed E-state index contributed by atoms with van der Waals surface area (Å²) < 4.78 is 15.0. The van der Waals surface area contributed by atoms with Crippen molar-refractivity contribution in [1.29, 1.82) is 0 Å². The quantitative estimate of drug-likeness (QED) is 0.479. The van der Waals surface area contributed by atoms with Gasteiger partial charge in [-0.1, -0.05) is 19.8 Å². The molecule has 1 saturated heterocycles. The molecule has 0 radical (unpaired) electrons. The van der Waals surface area contributed by atoms with E-state index in [0.717, 1.165) is 68.1 Å². The van der Waals surface area contributed by atoms with Crippen LogP contribution >= 0.6 is 0 Å². The monoisotopic (exact) mass is 499 g/mol. The van der Waals surface area contributed by atoms with Crippen molar-refractivity contribution in [3.05, 3.63) is 53.6 Å². The second-order valence-electron chi connectivity index (χ2n) is 10.5. The largest absolute Gasteiger partial charge is 0.368 e. The average Bonchev–Trinajstić information content (AvgIpc) is 3.52. The van der Waals surface area contributed by atoms with Gasteiger partial charge in [0.15, 0.2) is 5.82 Å². The average molecular weight is 500 g/mol. The van der Waals surface area contributed by atoms with Gasteiger partial charge < -0.3 is 15.1 Å². The molecule has 1 N–H and O–H groups in total. The van der Waals surface area contributed by atoms with E-state index < -0.39 is 5.82 Å². The van der Waals surface area contributed by atoms with Crippen molar-refractivity contribution in [2.75, 3.05) is 42.9 Å². The fourth-order valence-electron chi connectivity index (χ4n) is 6.22. The molecule has 6 rings (SSSR count). The van der Waals surface area contributed by atoms with E-state index in [-0.39, 0.29) is 5.41 Å². The lowest BCUT2D eigenvalue weighted by Gasteiger charge is -2.35. The zero-order chi connectivity index (χ0) is 25.6. The molecule has 37 heavy (non-hydrogen) atoms. The summed E-state index contributed by atoms with van der Waals surface area (Å²) in [6, 6.07) is 8.09. The number of piperazine rings is 1. The van der Waals surface area contributed by atoms with Gasteiger partial charge in [0.25, 0.3) is 0 Å². The number of aliphatic imine (C=N–C) groups is 1. The topological polar surface area (TPSA) is 69.5 Å². The Morgan fingerprint density at radius 2 is 1.78 bits per heavy atom. The van der Waals surface area contributed by atoms with Gasteiger partial charge in [-0.05, 0) is 68.6 Å². The Hall–Kier alpha value is -3.39. The first kappa shape index (κ1) is 24.0. The van der Waals surface area contributed by atoms with E-state index in [9.17, 15) is 0 Å². The third-order valence-electron chi connectivity index (χ3n) is 8.44. The zero-order valence-electron chi connectivity index (χ0n) is 21.9. The van der Waals surface area contributed by atoms with Crippen LogP contribution in [-0.2, 0) is 5.41 Å². The van der Waals surface area contributed by atoms with E-state index in [1.54, 1.807) is 0 Å². The first-order chi connectivity index (χ1) is 18.0. The van der Waals surface area contributed by atoms with Crippen molar-refractivity contribution in [3.8, 4) is 11.3 Å². The van der Waals surface area contributed by atoms with Crippen LogP contribution in [0.25, 0.3) is 11.3 Å². The summed E-state index contributed by atoms with van der Waals surface area (Å²) in [5, 5.41) is 3.16. The summed E-state index contributed by atoms with van der Waals surface area (Å²) in [7, 11) is 0. The van der Waals surface area contributed by atoms with Crippen LogP contribution in [0, 0.1) is 12.7 Å². The Balaban J connectivity index is 1.24. The van der Waals surface area contributed by atoms with Crippen molar-refractivity contribution < 1.29 is 4.39 Å². The van der Waals surface area contributed by atoms with E-state index >= 15 is 4.39 Å². The highest BCUT2D eigenvalue weighted by molar-refractivity contribution is 6.01. The van der Waals surface area contributed by atoms with Gasteiger partial charge in [0.1, 0.15) is 11.5 Å². The molecule has 0 bridgehead atoms. The van der Waals surface area contributed by atoms with Gasteiger partial charge >= 0.3 is 0 Å². The van der Waals surface area contributed by atoms with Crippen molar-refractivity contribution in [3.63, 3.8) is 0 Å². The predicted octanol–water partition coefficient (Wildman–Crippen LogP) is 5.79. The molecular formula is C29H34FN7. The molecule has 2 aliphatic heterocycles. The number of aromatic nitrogens is 3. The van der Waals surface area contributed by atoms with E-state index in [0.29, 0.717) is 17.5 Å². The van der Waals surface area contributed by atoms with Gasteiger partial charge in [0, 0.05) is 42.9 Å². The van der Waals surface area contributed by atoms with Crippen molar-refractivity contribution in [2.45, 2.75) is 51.9 Å². The van der Waals surface area contributed by atoms with E-state index in [2.05, 4.69) is 63.0 Å². The molecule has 0 atom stereocenters. The fourth-order valence-corrected chi connectivity index (χ4v) is 6.22. The number of benzene rings is 1. The molecule has 1 aromatic carbocycles. The zero-order valence-corrected chi connectivity index (χ0v) is 21.9. The molecule has 7 nitrogen and oxygen atoms in total. The summed E-state index contributed by atoms with van der Waals surface area (Å²) in [6.07, 6.45) is 7.72. The SMILES string of the molecule is CCN1CCN(c2ccc(Nc3ncc(F)c(-c4cc(C)c5c(c4)C4(CCCC4)C(C)=N5)n3)nc2)CC1. The lowest BCUT2D eigenvalue weighted by atomic mass is 9.75. The predicted molar refractivity (Wildman–Crippen MR) is 147 cm³/mol. The third kappa shape index (κ3) is 4.27. The standard InChI is InChI=1S/C29H34FN7/c1-4-36-11-13-37(14-12-36)22-7-8-25(31-17-22)34-28-32-18-24(30)27(35-28)21-15-19(2)26-23(16-21)29(20(3)33-26)9-5-6-10-29/h7-8,15-18H,4-6,9-14H2,1-3H3,(H,31,32,34,35). The Morgan fingerprint density at radius 1 is 1.00 bits per heavy atom. The van der Waals surface area contributed by atoms with E-state index in [1.807, 2.05) is 18.3 Å². The molecule has 4 heterocycles. The summed E-state index contributed by atoms with van der Waals surface area (Å²) in [5.41, 5.74) is 6.69. The summed E-state index contributed by atoms with van der Waals surface area (Å²) >= 11 is 0. The summed E-state index contributed by atoms with van der Waals surface area (Å²) in [4.78, 5) is 23.1. The number of nitrogens with zero attached hydrogens (tertiary/aromatic N) is 6. The fraction of sp³-hybridized carbons (Fsp3) is 0.448. The third-order valence-corrected chi connectivity index (χ3v) is 8.44. The lowest BCUT2D eigenvalue weighted by Crippen LogP contribution is -2.46. The number of rotatable bonds is 5. The van der Waals surface area contributed by atoms with Crippen LogP contribution < -0.4 is 10.2 Å². The minimum atomic E-state index is -0.435. The van der Waals surface area contributed by atoms with E-state index in [1.165, 1.54) is 30.3 Å². The van der Waals surface area contributed by atoms with Crippen molar-refractivity contribution >= 4 is 28.9 Å². The Morgan fingerprint density at radius 3 is 2.49 bits per heavy atom. The Bertz CT molecular complexity index is 1340. The van der Waals surface area contributed by atoms with Crippen LogP contribution in [0.5, 0.6) is 0 Å². The van der Waals surface area contributed by atoms with Crippen LogP contribution in [0.1, 0.15) is 50.7 Å². The number of aryl methyl sites for hydroxylation is 1. The molecule has 8 heteroatoms. The van der Waals surface area contributed by atoms with Crippen LogP contribution in [0.15, 0.2) is 41.7 Å². The van der Waals surface area contributed by atoms with Crippen molar-refractivity contribution in [1.82, 2.24) is 19.9 Å². The number of halogens is 1. The van der Waals surface area contributed by atoms with Crippen LogP contribution in [0.4, 0.5) is 27.5 Å².